The highest BCUT2D eigenvalue weighted by molar-refractivity contribution is 5.76. The second-order valence-corrected chi connectivity index (χ2v) is 12.0. The van der Waals surface area contributed by atoms with Crippen molar-refractivity contribution in [1.29, 1.82) is 0 Å². The highest BCUT2D eigenvalue weighted by Gasteiger charge is 2.39. The minimum atomic E-state index is -0.890. The van der Waals surface area contributed by atoms with Crippen LogP contribution in [-0.4, -0.2) is 52.7 Å². The summed E-state index contributed by atoms with van der Waals surface area (Å²) in [5, 5.41) is 21.2. The summed E-state index contributed by atoms with van der Waals surface area (Å²) >= 11 is 0. The molecule has 2 aliphatic heterocycles. The van der Waals surface area contributed by atoms with E-state index in [2.05, 4.69) is 59.6 Å². The number of nitrogens with one attached hydrogen (secondary N) is 1. The Bertz CT molecular complexity index is 1370. The fraction of sp³-hybridized carbons (Fsp3) is 0.444. The van der Waals surface area contributed by atoms with Gasteiger partial charge in [0.1, 0.15) is 0 Å². The summed E-state index contributed by atoms with van der Waals surface area (Å²) in [6, 6.07) is 24.4. The van der Waals surface area contributed by atoms with E-state index in [1.54, 1.807) is 0 Å². The number of nitrogens with zero attached hydrogens (tertiary/aromatic N) is 1. The predicted molar refractivity (Wildman–Crippen MR) is 168 cm³/mol. The van der Waals surface area contributed by atoms with E-state index < -0.39 is 12.3 Å². The second kappa shape index (κ2) is 15.4. The van der Waals surface area contributed by atoms with E-state index in [1.165, 1.54) is 19.3 Å². The first-order valence-corrected chi connectivity index (χ1v) is 15.8. The van der Waals surface area contributed by atoms with Crippen LogP contribution in [0.25, 0.3) is 11.1 Å². The summed E-state index contributed by atoms with van der Waals surface area (Å²) in [6.07, 6.45) is 3.66. The Morgan fingerprint density at radius 2 is 1.59 bits per heavy atom. The number of carbonyl (C=O) groups is 2. The molecule has 0 unspecified atom stereocenters. The minimum Gasteiger partial charge on any atom is -0.481 e. The molecule has 3 aromatic carbocycles. The molecule has 1 amide bonds. The number of aliphatic hydroxyl groups excluding tert-OH is 1. The van der Waals surface area contributed by atoms with E-state index in [-0.39, 0.29) is 43.5 Å². The number of amides is 1. The fourth-order valence-corrected chi connectivity index (χ4v) is 6.11. The third-order valence-corrected chi connectivity index (χ3v) is 8.74. The zero-order chi connectivity index (χ0) is 30.9. The topological polar surface area (TPSA) is 108 Å². The Hall–Kier alpha value is -3.56. The molecule has 4 atom stereocenters. The summed E-state index contributed by atoms with van der Waals surface area (Å²) in [4.78, 5) is 25.3. The zero-order valence-corrected chi connectivity index (χ0v) is 25.5. The molecule has 0 aromatic heterocycles. The largest absolute Gasteiger partial charge is 0.481 e. The van der Waals surface area contributed by atoms with Crippen LogP contribution in [0.5, 0.6) is 0 Å². The first kappa shape index (κ1) is 31.9. The molecule has 3 N–H and O–H groups in total. The Morgan fingerprint density at radius 1 is 0.864 bits per heavy atom. The molecule has 8 heteroatoms. The van der Waals surface area contributed by atoms with E-state index in [0.717, 1.165) is 53.0 Å². The van der Waals surface area contributed by atoms with Crippen LogP contribution < -0.4 is 5.32 Å². The molecule has 0 radical (unpaired) electrons. The number of benzene rings is 3. The monoisotopic (exact) mass is 600 g/mol. The lowest BCUT2D eigenvalue weighted by Crippen LogP contribution is -2.45. The minimum absolute atomic E-state index is 0.00760. The van der Waals surface area contributed by atoms with Gasteiger partial charge in [0.05, 0.1) is 18.8 Å². The molecule has 5 rings (SSSR count). The molecule has 234 valence electrons. The van der Waals surface area contributed by atoms with Crippen LogP contribution in [0.3, 0.4) is 0 Å². The number of piperidine rings is 1. The molecule has 44 heavy (non-hydrogen) atoms. The van der Waals surface area contributed by atoms with Crippen LogP contribution in [0.2, 0.25) is 0 Å². The van der Waals surface area contributed by atoms with Gasteiger partial charge in [-0.1, -0.05) is 80.1 Å². The molecule has 2 saturated heterocycles. The van der Waals surface area contributed by atoms with Gasteiger partial charge in [-0.25, -0.2) is 0 Å². The average molecular weight is 601 g/mol. The predicted octanol–water partition coefficient (Wildman–Crippen LogP) is 5.99. The second-order valence-electron chi connectivity index (χ2n) is 12.0. The summed E-state index contributed by atoms with van der Waals surface area (Å²) < 4.78 is 13.3. The molecular weight excluding hydrogens is 556 g/mol. The number of aliphatic carboxylic acids is 1. The number of aliphatic hydroxyl groups is 1. The molecule has 2 heterocycles. The van der Waals surface area contributed by atoms with Crippen molar-refractivity contribution < 1.29 is 29.3 Å². The third kappa shape index (κ3) is 8.54. The van der Waals surface area contributed by atoms with Crippen LogP contribution in [0.1, 0.15) is 80.1 Å². The Kier molecular flexibility index (Phi) is 11.2. The smallest absolute Gasteiger partial charge is 0.303 e. The maximum atomic E-state index is 12.1. The van der Waals surface area contributed by atoms with E-state index >= 15 is 0 Å². The van der Waals surface area contributed by atoms with Gasteiger partial charge in [-0.3, -0.25) is 9.59 Å². The maximum Gasteiger partial charge on any atom is 0.303 e. The van der Waals surface area contributed by atoms with Gasteiger partial charge in [0.2, 0.25) is 5.91 Å². The molecule has 8 nitrogen and oxygen atoms in total. The van der Waals surface area contributed by atoms with Gasteiger partial charge in [-0.2, -0.15) is 0 Å². The van der Waals surface area contributed by atoms with Crippen molar-refractivity contribution >= 4 is 11.9 Å². The number of hydrogen-bond donors (Lipinski definition) is 3. The highest BCUT2D eigenvalue weighted by atomic mass is 16.7. The summed E-state index contributed by atoms with van der Waals surface area (Å²) in [5.74, 6) is -0.879. The maximum absolute atomic E-state index is 12.1. The quantitative estimate of drug-likeness (QED) is 0.234. The molecule has 0 aliphatic carbocycles. The normalized spacial score (nSPS) is 22.4. The van der Waals surface area contributed by atoms with Gasteiger partial charge in [-0.05, 0) is 66.2 Å². The van der Waals surface area contributed by atoms with Gasteiger partial charge >= 0.3 is 5.97 Å². The highest BCUT2D eigenvalue weighted by Crippen LogP contribution is 2.42. The molecular formula is C36H44N2O6. The van der Waals surface area contributed by atoms with Crippen LogP contribution in [0.4, 0.5) is 0 Å². The van der Waals surface area contributed by atoms with Crippen molar-refractivity contribution in [2.45, 2.75) is 77.1 Å². The van der Waals surface area contributed by atoms with Crippen LogP contribution in [-0.2, 0) is 32.2 Å². The summed E-state index contributed by atoms with van der Waals surface area (Å²) in [7, 11) is 0. The number of carbonyl (C=O) groups excluding carboxylic acids is 1. The molecule has 0 bridgehead atoms. The molecule has 0 saturated carbocycles. The van der Waals surface area contributed by atoms with Crippen molar-refractivity contribution in [3.8, 4) is 11.1 Å². The van der Waals surface area contributed by atoms with Gasteiger partial charge in [0.15, 0.2) is 6.29 Å². The Morgan fingerprint density at radius 3 is 2.30 bits per heavy atom. The van der Waals surface area contributed by atoms with Crippen LogP contribution in [0, 0.1) is 5.92 Å². The number of carboxylic acid groups (broad SMARTS) is 1. The lowest BCUT2D eigenvalue weighted by molar-refractivity contribution is -0.276. The first-order chi connectivity index (χ1) is 21.4. The molecule has 2 fully saturated rings. The van der Waals surface area contributed by atoms with Gasteiger partial charge in [0, 0.05) is 37.4 Å². The van der Waals surface area contributed by atoms with Crippen LogP contribution in [0.15, 0.2) is 72.8 Å². The van der Waals surface area contributed by atoms with E-state index in [9.17, 15) is 14.7 Å². The number of carboxylic acids is 1. The van der Waals surface area contributed by atoms with Crippen molar-refractivity contribution in [3.63, 3.8) is 0 Å². The SMILES string of the molecule is C[C@H]1[C@@H](CN2CCCCC2)O[C@@H](c2ccc(-c3cccc(CNC(=O)CCCC(=O)O)c3)cc2)O[C@H]1c1ccc(CO)cc1. The van der Waals surface area contributed by atoms with Crippen molar-refractivity contribution in [1.82, 2.24) is 10.2 Å². The zero-order valence-electron chi connectivity index (χ0n) is 25.5. The van der Waals surface area contributed by atoms with E-state index in [1.807, 2.05) is 30.3 Å². The Labute approximate surface area is 260 Å². The van der Waals surface area contributed by atoms with Gasteiger partial charge in [0.25, 0.3) is 0 Å². The molecule has 2 aliphatic rings. The fourth-order valence-electron chi connectivity index (χ4n) is 6.11. The number of ether oxygens (including phenoxy) is 2. The van der Waals surface area contributed by atoms with E-state index in [0.29, 0.717) is 13.0 Å². The number of hydrogen-bond acceptors (Lipinski definition) is 6. The average Bonchev–Trinajstić information content (AvgIpc) is 3.05. The summed E-state index contributed by atoms with van der Waals surface area (Å²) in [6.45, 7) is 5.71. The molecule has 0 spiro atoms. The standard InChI is InChI=1S/C36H44N2O6/c1-25-32(23-38-19-3-2-4-20-38)43-36(44-35(25)29-13-11-26(24-39)12-14-29)30-17-15-28(16-18-30)31-8-5-7-27(21-31)22-37-33(40)9-6-10-34(41)42/h5,7-8,11-18,21,25,32,35-36,39H,2-4,6,9-10,19-20,22-24H2,1H3,(H,37,40)(H,41,42)/t25-,32+,35+,36+/m0/s1. The van der Waals surface area contributed by atoms with Gasteiger partial charge in [-0.15, -0.1) is 0 Å². The lowest BCUT2D eigenvalue weighted by atomic mass is 9.89. The van der Waals surface area contributed by atoms with Crippen molar-refractivity contribution in [2.24, 2.45) is 5.92 Å². The third-order valence-electron chi connectivity index (χ3n) is 8.74. The Balaban J connectivity index is 1.28. The number of likely N-dealkylation sites (tertiary alicyclic amines) is 1. The molecule has 3 aromatic rings. The van der Waals surface area contributed by atoms with Crippen molar-refractivity contribution in [3.05, 3.63) is 95.1 Å². The lowest BCUT2D eigenvalue weighted by Gasteiger charge is -2.43. The summed E-state index contributed by atoms with van der Waals surface area (Å²) in [5.41, 5.74) is 6.00. The first-order valence-electron chi connectivity index (χ1n) is 15.8. The van der Waals surface area contributed by atoms with Crippen LogP contribution >= 0.6 is 0 Å². The van der Waals surface area contributed by atoms with Gasteiger partial charge < -0.3 is 29.9 Å². The van der Waals surface area contributed by atoms with E-state index in [4.69, 9.17) is 14.6 Å². The number of rotatable bonds is 12. The van der Waals surface area contributed by atoms with Crippen molar-refractivity contribution in [2.75, 3.05) is 19.6 Å².